The molecule has 7 unspecified atom stereocenters. The largest absolute Gasteiger partial charge is 0.462 e. The molecule has 0 N–H and O–H groups in total. The van der Waals surface area contributed by atoms with Gasteiger partial charge in [-0.05, 0) is 25.2 Å². The van der Waals surface area contributed by atoms with Crippen LogP contribution in [0.1, 0.15) is 46.5 Å². The van der Waals surface area contributed by atoms with E-state index in [1.54, 1.807) is 6.92 Å². The van der Waals surface area contributed by atoms with Crippen molar-refractivity contribution in [1.29, 1.82) is 0 Å². The lowest BCUT2D eigenvalue weighted by atomic mass is 9.53. The van der Waals surface area contributed by atoms with Gasteiger partial charge in [0.25, 0.3) is 0 Å². The van der Waals surface area contributed by atoms with E-state index in [9.17, 15) is 9.59 Å². The molecule has 0 aromatic heterocycles. The van der Waals surface area contributed by atoms with Crippen LogP contribution in [0.5, 0.6) is 0 Å². The number of ether oxygens (including phenoxy) is 2. The molecule has 2 aliphatic carbocycles. The lowest BCUT2D eigenvalue weighted by Gasteiger charge is -2.49. The van der Waals surface area contributed by atoms with Gasteiger partial charge in [0.15, 0.2) is 0 Å². The fraction of sp³-hybridized carbons (Fsp3) is 0.905. The second-order valence-electron chi connectivity index (χ2n) is 9.86. The molecule has 5 aliphatic rings. The van der Waals surface area contributed by atoms with Gasteiger partial charge >= 0.3 is 5.97 Å². The highest BCUT2D eigenvalue weighted by atomic mass is 16.6. The molecule has 0 aromatic carbocycles. The van der Waals surface area contributed by atoms with Crippen molar-refractivity contribution in [3.8, 4) is 0 Å². The predicted octanol–water partition coefficient (Wildman–Crippen LogP) is 1.68. The van der Waals surface area contributed by atoms with Crippen LogP contribution in [0.2, 0.25) is 0 Å². The predicted molar refractivity (Wildman–Crippen MR) is 98.9 cm³/mol. The summed E-state index contributed by atoms with van der Waals surface area (Å²) < 4.78 is 12.4. The molecule has 3 aliphatic heterocycles. The van der Waals surface area contributed by atoms with Crippen LogP contribution in [0.25, 0.3) is 0 Å². The van der Waals surface area contributed by atoms with Gasteiger partial charge < -0.3 is 14.4 Å². The van der Waals surface area contributed by atoms with Crippen LogP contribution in [0.15, 0.2) is 0 Å². The van der Waals surface area contributed by atoms with Crippen LogP contribution in [0, 0.1) is 23.2 Å². The number of fused-ring (bicyclic) bond motifs is 2. The monoisotopic (exact) mass is 376 g/mol. The van der Waals surface area contributed by atoms with Crippen molar-refractivity contribution >= 4 is 11.9 Å². The molecule has 0 radical (unpaired) electrons. The lowest BCUT2D eigenvalue weighted by molar-refractivity contribution is -0.147. The Labute approximate surface area is 161 Å². The molecule has 1 amide bonds. The Kier molecular flexibility index (Phi) is 3.94. The van der Waals surface area contributed by atoms with Crippen molar-refractivity contribution in [2.24, 2.45) is 23.2 Å². The molecule has 27 heavy (non-hydrogen) atoms. The molecule has 6 nitrogen and oxygen atoms in total. The van der Waals surface area contributed by atoms with E-state index >= 15 is 0 Å². The quantitative estimate of drug-likeness (QED) is 0.542. The molecule has 5 rings (SSSR count). The number of rotatable bonds is 2. The summed E-state index contributed by atoms with van der Waals surface area (Å²) in [5.74, 6) is 0.803. The zero-order valence-electron chi connectivity index (χ0n) is 16.8. The van der Waals surface area contributed by atoms with Gasteiger partial charge in [0.05, 0.1) is 12.0 Å². The highest BCUT2D eigenvalue weighted by Crippen LogP contribution is 2.70. The molecule has 0 aromatic rings. The van der Waals surface area contributed by atoms with Crippen LogP contribution < -0.4 is 0 Å². The van der Waals surface area contributed by atoms with Crippen LogP contribution in [0.3, 0.4) is 0 Å². The van der Waals surface area contributed by atoms with Gasteiger partial charge in [-0.3, -0.25) is 14.5 Å². The number of piperazine rings is 1. The summed E-state index contributed by atoms with van der Waals surface area (Å²) in [6, 6.07) is 0. The second-order valence-corrected chi connectivity index (χ2v) is 9.86. The smallest absolute Gasteiger partial charge is 0.311 e. The minimum atomic E-state index is -0.0815. The van der Waals surface area contributed by atoms with Gasteiger partial charge in [0.2, 0.25) is 5.91 Å². The Bertz CT molecular complexity index is 661. The Morgan fingerprint density at radius 3 is 2.70 bits per heavy atom. The van der Waals surface area contributed by atoms with Crippen LogP contribution in [-0.4, -0.2) is 72.2 Å². The number of hydrogen-bond acceptors (Lipinski definition) is 5. The summed E-state index contributed by atoms with van der Waals surface area (Å²) >= 11 is 0. The minimum absolute atomic E-state index is 0.0219. The Morgan fingerprint density at radius 1 is 1.26 bits per heavy atom. The number of hydrogen-bond donors (Lipinski definition) is 0. The second kappa shape index (κ2) is 5.93. The summed E-state index contributed by atoms with van der Waals surface area (Å²) in [4.78, 5) is 28.5. The molecule has 7 atom stereocenters. The summed E-state index contributed by atoms with van der Waals surface area (Å²) in [6.45, 7) is 10.3. The van der Waals surface area contributed by atoms with Gasteiger partial charge in [0.1, 0.15) is 11.7 Å². The molecule has 5 fully saturated rings. The van der Waals surface area contributed by atoms with E-state index in [0.717, 1.165) is 39.1 Å². The summed E-state index contributed by atoms with van der Waals surface area (Å²) in [5, 5.41) is 0. The fourth-order valence-corrected chi connectivity index (χ4v) is 6.97. The maximum atomic E-state index is 12.8. The molecule has 3 heterocycles. The average Bonchev–Trinajstić information content (AvgIpc) is 3.31. The summed E-state index contributed by atoms with van der Waals surface area (Å²) in [5.41, 5.74) is 0.130. The minimum Gasteiger partial charge on any atom is -0.462 e. The molecule has 6 heteroatoms. The third kappa shape index (κ3) is 2.45. The third-order valence-electron chi connectivity index (χ3n) is 8.47. The molecule has 150 valence electrons. The Morgan fingerprint density at radius 2 is 2.00 bits per heavy atom. The van der Waals surface area contributed by atoms with E-state index in [0.29, 0.717) is 5.92 Å². The summed E-state index contributed by atoms with van der Waals surface area (Å²) in [7, 11) is 0. The topological polar surface area (TPSA) is 62.4 Å². The highest BCUT2D eigenvalue weighted by molar-refractivity contribution is 5.76. The molecular formula is C21H32N2O4. The Hall–Kier alpha value is -1.14. The highest BCUT2D eigenvalue weighted by Gasteiger charge is 2.78. The van der Waals surface area contributed by atoms with Gasteiger partial charge in [-0.2, -0.15) is 0 Å². The summed E-state index contributed by atoms with van der Waals surface area (Å²) in [6.07, 6.45) is 4.84. The van der Waals surface area contributed by atoms with E-state index in [1.807, 2.05) is 4.90 Å². The van der Waals surface area contributed by atoms with E-state index in [4.69, 9.17) is 9.47 Å². The first-order chi connectivity index (χ1) is 12.9. The van der Waals surface area contributed by atoms with Crippen LogP contribution >= 0.6 is 0 Å². The average molecular weight is 376 g/mol. The van der Waals surface area contributed by atoms with Crippen LogP contribution in [-0.2, 0) is 19.1 Å². The van der Waals surface area contributed by atoms with Crippen molar-refractivity contribution in [1.82, 2.24) is 9.80 Å². The third-order valence-corrected chi connectivity index (χ3v) is 8.47. The molecular weight excluding hydrogens is 344 g/mol. The number of amides is 1. The van der Waals surface area contributed by atoms with Crippen LogP contribution in [0.4, 0.5) is 0 Å². The number of esters is 1. The zero-order chi connectivity index (χ0) is 19.0. The standard InChI is InChI=1S/C21H32N2O4/c1-13-5-4-6-20(3)11-16-17(18-21(13,20)27-18)15(19(25)26-16)12-22-7-9-23(10-8-22)14(2)24/h13,15-18H,4-12H2,1-3H3. The van der Waals surface area contributed by atoms with Crippen molar-refractivity contribution in [2.45, 2.75) is 64.3 Å². The molecule has 0 bridgehead atoms. The number of carbonyl (C=O) groups is 2. The van der Waals surface area contributed by atoms with Crippen molar-refractivity contribution in [2.75, 3.05) is 32.7 Å². The zero-order valence-corrected chi connectivity index (χ0v) is 16.8. The number of epoxide rings is 1. The fourth-order valence-electron chi connectivity index (χ4n) is 6.97. The van der Waals surface area contributed by atoms with E-state index in [-0.39, 0.29) is 46.9 Å². The van der Waals surface area contributed by atoms with Gasteiger partial charge in [0, 0.05) is 51.0 Å². The van der Waals surface area contributed by atoms with Gasteiger partial charge in [-0.25, -0.2) is 0 Å². The maximum Gasteiger partial charge on any atom is 0.311 e. The van der Waals surface area contributed by atoms with E-state index in [2.05, 4.69) is 18.7 Å². The molecule has 3 saturated heterocycles. The van der Waals surface area contributed by atoms with Crippen molar-refractivity contribution in [3.05, 3.63) is 0 Å². The molecule has 2 saturated carbocycles. The SMILES string of the molecule is CC(=O)N1CCN(CC2C(=O)OC3CC4(C)CCCC(C)C45OC5C32)CC1. The first-order valence-corrected chi connectivity index (χ1v) is 10.7. The van der Waals surface area contributed by atoms with Gasteiger partial charge in [-0.1, -0.05) is 20.3 Å². The number of carbonyl (C=O) groups excluding carboxylic acids is 2. The van der Waals surface area contributed by atoms with E-state index in [1.165, 1.54) is 19.3 Å². The first-order valence-electron chi connectivity index (χ1n) is 10.7. The first kappa shape index (κ1) is 17.9. The maximum absolute atomic E-state index is 12.8. The number of nitrogens with zero attached hydrogens (tertiary/aromatic N) is 2. The van der Waals surface area contributed by atoms with E-state index < -0.39 is 0 Å². The van der Waals surface area contributed by atoms with Crippen molar-refractivity contribution < 1.29 is 19.1 Å². The van der Waals surface area contributed by atoms with Crippen molar-refractivity contribution in [3.63, 3.8) is 0 Å². The van der Waals surface area contributed by atoms with Gasteiger partial charge in [-0.15, -0.1) is 0 Å². The normalized spacial score (nSPS) is 49.1. The lowest BCUT2D eigenvalue weighted by Crippen LogP contribution is -2.55. The Balaban J connectivity index is 1.32. The molecule has 1 spiro atoms.